The summed E-state index contributed by atoms with van der Waals surface area (Å²) in [5.74, 6) is -0.318. The zero-order valence-corrected chi connectivity index (χ0v) is 7.02. The Hall–Kier alpha value is -0.900. The van der Waals surface area contributed by atoms with E-state index in [1.807, 2.05) is 0 Å². The number of pyridine rings is 1. The number of rotatable bonds is 0. The average Bonchev–Trinajstić information content (AvgIpc) is 2.33. The van der Waals surface area contributed by atoms with E-state index < -0.39 is 0 Å². The highest BCUT2D eigenvalue weighted by molar-refractivity contribution is 9.10. The maximum atomic E-state index is 12.8. The number of hydrogen-bond acceptors (Lipinski definition) is 1. The van der Waals surface area contributed by atoms with Crippen LogP contribution in [0.15, 0.2) is 22.9 Å². The van der Waals surface area contributed by atoms with Gasteiger partial charge in [0.25, 0.3) is 0 Å². The Morgan fingerprint density at radius 2 is 2.27 bits per heavy atom. The van der Waals surface area contributed by atoms with Gasteiger partial charge < -0.3 is 4.98 Å². The van der Waals surface area contributed by atoms with Crippen molar-refractivity contribution in [2.45, 2.75) is 0 Å². The maximum absolute atomic E-state index is 12.8. The molecule has 0 saturated carbocycles. The molecule has 0 saturated heterocycles. The third-order valence-electron chi connectivity index (χ3n) is 1.44. The third-order valence-corrected chi connectivity index (χ3v) is 1.88. The summed E-state index contributed by atoms with van der Waals surface area (Å²) in [5.41, 5.74) is 1.09. The van der Waals surface area contributed by atoms with Crippen molar-refractivity contribution in [3.63, 3.8) is 0 Å². The molecule has 0 amide bonds. The zero-order chi connectivity index (χ0) is 7.84. The van der Waals surface area contributed by atoms with Crippen molar-refractivity contribution in [1.82, 2.24) is 9.97 Å². The molecule has 0 unspecified atom stereocenters. The van der Waals surface area contributed by atoms with Crippen LogP contribution in [0.5, 0.6) is 0 Å². The van der Waals surface area contributed by atoms with Crippen molar-refractivity contribution in [2.24, 2.45) is 0 Å². The SMILES string of the molecule is Fc1c[nH]c2ccc(Br)nc12. The van der Waals surface area contributed by atoms with E-state index in [0.29, 0.717) is 15.6 Å². The predicted molar refractivity (Wildman–Crippen MR) is 43.8 cm³/mol. The summed E-state index contributed by atoms with van der Waals surface area (Å²) in [5, 5.41) is 0. The Balaban J connectivity index is 2.87. The predicted octanol–water partition coefficient (Wildman–Crippen LogP) is 2.46. The first-order valence-electron chi connectivity index (χ1n) is 3.06. The van der Waals surface area contributed by atoms with Gasteiger partial charge in [0.05, 0.1) is 5.52 Å². The summed E-state index contributed by atoms with van der Waals surface area (Å²) in [4.78, 5) is 6.70. The lowest BCUT2D eigenvalue weighted by molar-refractivity contribution is 0.636. The van der Waals surface area contributed by atoms with Crippen LogP contribution >= 0.6 is 15.9 Å². The molecular weight excluding hydrogens is 211 g/mol. The van der Waals surface area contributed by atoms with Gasteiger partial charge in [0.15, 0.2) is 5.82 Å². The molecule has 0 atom stereocenters. The summed E-state index contributed by atoms with van der Waals surface area (Å²) in [6.45, 7) is 0. The first kappa shape index (κ1) is 6.79. The van der Waals surface area contributed by atoms with Crippen LogP contribution in [0, 0.1) is 5.82 Å². The van der Waals surface area contributed by atoms with Crippen LogP contribution in [0.4, 0.5) is 4.39 Å². The summed E-state index contributed by atoms with van der Waals surface area (Å²) in [6, 6.07) is 3.54. The van der Waals surface area contributed by atoms with Gasteiger partial charge in [0.2, 0.25) is 0 Å². The molecule has 0 aliphatic carbocycles. The van der Waals surface area contributed by atoms with E-state index in [4.69, 9.17) is 0 Å². The highest BCUT2D eigenvalue weighted by Crippen LogP contribution is 2.16. The van der Waals surface area contributed by atoms with E-state index in [9.17, 15) is 4.39 Å². The average molecular weight is 215 g/mol. The molecule has 0 fully saturated rings. The summed E-state index contributed by atoms with van der Waals surface area (Å²) in [7, 11) is 0. The van der Waals surface area contributed by atoms with Gasteiger partial charge in [-0.3, -0.25) is 0 Å². The fraction of sp³-hybridized carbons (Fsp3) is 0. The normalized spacial score (nSPS) is 10.7. The molecule has 0 aliphatic rings. The minimum Gasteiger partial charge on any atom is -0.357 e. The Morgan fingerprint density at radius 3 is 3.09 bits per heavy atom. The Morgan fingerprint density at radius 1 is 1.45 bits per heavy atom. The van der Waals surface area contributed by atoms with E-state index in [0.717, 1.165) is 0 Å². The fourth-order valence-corrected chi connectivity index (χ4v) is 1.25. The number of H-pyrrole nitrogens is 1. The number of aromatic nitrogens is 2. The van der Waals surface area contributed by atoms with Crippen LogP contribution < -0.4 is 0 Å². The topological polar surface area (TPSA) is 28.7 Å². The van der Waals surface area contributed by atoms with Crippen LogP contribution in [-0.2, 0) is 0 Å². The summed E-state index contributed by atoms with van der Waals surface area (Å²) >= 11 is 3.16. The van der Waals surface area contributed by atoms with Gasteiger partial charge >= 0.3 is 0 Å². The largest absolute Gasteiger partial charge is 0.357 e. The summed E-state index contributed by atoms with van der Waals surface area (Å²) in [6.07, 6.45) is 1.30. The second kappa shape index (κ2) is 2.30. The summed E-state index contributed by atoms with van der Waals surface area (Å²) < 4.78 is 13.5. The number of nitrogens with zero attached hydrogens (tertiary/aromatic N) is 1. The molecule has 0 bridgehead atoms. The lowest BCUT2D eigenvalue weighted by Crippen LogP contribution is -1.77. The first-order chi connectivity index (χ1) is 5.27. The zero-order valence-electron chi connectivity index (χ0n) is 5.44. The van der Waals surface area contributed by atoms with Gasteiger partial charge in [-0.15, -0.1) is 0 Å². The molecule has 4 heteroatoms. The van der Waals surface area contributed by atoms with E-state index in [-0.39, 0.29) is 5.82 Å². The quantitative estimate of drug-likeness (QED) is 0.671. The third kappa shape index (κ3) is 1.03. The molecule has 0 spiro atoms. The fourth-order valence-electron chi connectivity index (χ4n) is 0.943. The van der Waals surface area contributed by atoms with Crippen molar-refractivity contribution in [3.8, 4) is 0 Å². The second-order valence-corrected chi connectivity index (χ2v) is 2.98. The number of hydrogen-bond donors (Lipinski definition) is 1. The van der Waals surface area contributed by atoms with Crippen LogP contribution in [-0.4, -0.2) is 9.97 Å². The van der Waals surface area contributed by atoms with Crippen molar-refractivity contribution in [1.29, 1.82) is 0 Å². The van der Waals surface area contributed by atoms with Crippen LogP contribution in [0.3, 0.4) is 0 Å². The standard InChI is InChI=1S/C7H4BrFN2/c8-6-2-1-5-7(11-6)4(9)3-10-5/h1-3,10H. The molecule has 0 aromatic carbocycles. The number of fused-ring (bicyclic) bond motifs is 1. The van der Waals surface area contributed by atoms with Crippen LogP contribution in [0.25, 0.3) is 11.0 Å². The monoisotopic (exact) mass is 214 g/mol. The van der Waals surface area contributed by atoms with E-state index in [2.05, 4.69) is 25.9 Å². The van der Waals surface area contributed by atoms with E-state index in [1.54, 1.807) is 12.1 Å². The molecule has 0 aliphatic heterocycles. The Labute approximate surface area is 70.6 Å². The molecule has 2 rings (SSSR count). The van der Waals surface area contributed by atoms with Crippen molar-refractivity contribution < 1.29 is 4.39 Å². The highest BCUT2D eigenvalue weighted by Gasteiger charge is 2.03. The number of halogens is 2. The smallest absolute Gasteiger partial charge is 0.166 e. The van der Waals surface area contributed by atoms with Crippen LogP contribution in [0.1, 0.15) is 0 Å². The molecular formula is C7H4BrFN2. The lowest BCUT2D eigenvalue weighted by Gasteiger charge is -1.89. The molecule has 11 heavy (non-hydrogen) atoms. The maximum Gasteiger partial charge on any atom is 0.166 e. The van der Waals surface area contributed by atoms with Gasteiger partial charge in [0.1, 0.15) is 10.1 Å². The molecule has 0 radical (unpaired) electrons. The molecule has 2 heterocycles. The van der Waals surface area contributed by atoms with Crippen molar-refractivity contribution >= 4 is 27.0 Å². The van der Waals surface area contributed by atoms with Gasteiger partial charge in [-0.05, 0) is 28.1 Å². The Kier molecular flexibility index (Phi) is 1.42. The minimum atomic E-state index is -0.318. The molecule has 56 valence electrons. The second-order valence-electron chi connectivity index (χ2n) is 2.17. The number of aromatic amines is 1. The van der Waals surface area contributed by atoms with Crippen molar-refractivity contribution in [2.75, 3.05) is 0 Å². The lowest BCUT2D eigenvalue weighted by atomic mass is 10.4. The van der Waals surface area contributed by atoms with Gasteiger partial charge in [0, 0.05) is 6.20 Å². The minimum absolute atomic E-state index is 0.318. The molecule has 2 aromatic heterocycles. The Bertz CT molecular complexity index is 396. The van der Waals surface area contributed by atoms with Crippen molar-refractivity contribution in [3.05, 3.63) is 28.7 Å². The number of nitrogens with one attached hydrogen (secondary N) is 1. The first-order valence-corrected chi connectivity index (χ1v) is 3.86. The van der Waals surface area contributed by atoms with Gasteiger partial charge in [-0.2, -0.15) is 0 Å². The molecule has 2 aromatic rings. The van der Waals surface area contributed by atoms with E-state index >= 15 is 0 Å². The van der Waals surface area contributed by atoms with Gasteiger partial charge in [-0.25, -0.2) is 9.37 Å². The van der Waals surface area contributed by atoms with Gasteiger partial charge in [-0.1, -0.05) is 0 Å². The van der Waals surface area contributed by atoms with Crippen LogP contribution in [0.2, 0.25) is 0 Å². The molecule has 1 N–H and O–H groups in total. The highest BCUT2D eigenvalue weighted by atomic mass is 79.9. The molecule has 2 nitrogen and oxygen atoms in total. The van der Waals surface area contributed by atoms with E-state index in [1.165, 1.54) is 6.20 Å².